The molecule has 1 aromatic heterocycles. The van der Waals surface area contributed by atoms with Crippen molar-refractivity contribution in [2.75, 3.05) is 6.54 Å². The van der Waals surface area contributed by atoms with Gasteiger partial charge in [0.2, 0.25) is 0 Å². The van der Waals surface area contributed by atoms with Crippen LogP contribution in [0.2, 0.25) is 0 Å². The van der Waals surface area contributed by atoms with Crippen LogP contribution < -0.4 is 10.9 Å². The third kappa shape index (κ3) is 2.75. The lowest BCUT2D eigenvalue weighted by atomic mass is 10.1. The zero-order valence-corrected chi connectivity index (χ0v) is 12.5. The summed E-state index contributed by atoms with van der Waals surface area (Å²) in [4.78, 5) is 17.3. The lowest BCUT2D eigenvalue weighted by molar-refractivity contribution is 0.464. The van der Waals surface area contributed by atoms with E-state index < -0.39 is 0 Å². The predicted octanol–water partition coefficient (Wildman–Crippen LogP) is 2.87. The summed E-state index contributed by atoms with van der Waals surface area (Å²) in [5.74, 6) is 0.854. The van der Waals surface area contributed by atoms with Crippen molar-refractivity contribution in [2.24, 2.45) is 0 Å². The maximum absolute atomic E-state index is 12.6. The average Bonchev–Trinajstić information content (AvgIpc) is 2.48. The van der Waals surface area contributed by atoms with Crippen molar-refractivity contribution >= 4 is 10.9 Å². The van der Waals surface area contributed by atoms with Gasteiger partial charge in [-0.1, -0.05) is 26.0 Å². The van der Waals surface area contributed by atoms with E-state index in [-0.39, 0.29) is 11.6 Å². The monoisotopic (exact) mass is 273 g/mol. The van der Waals surface area contributed by atoms with Crippen LogP contribution in [0.3, 0.4) is 0 Å². The maximum atomic E-state index is 12.6. The number of hydrogen-bond acceptors (Lipinski definition) is 3. The molecule has 20 heavy (non-hydrogen) atoms. The summed E-state index contributed by atoms with van der Waals surface area (Å²) in [6.07, 6.45) is 1.99. The Kier molecular flexibility index (Phi) is 4.90. The van der Waals surface area contributed by atoms with Crippen molar-refractivity contribution in [2.45, 2.75) is 46.2 Å². The second-order valence-corrected chi connectivity index (χ2v) is 4.95. The Morgan fingerprint density at radius 2 is 2.00 bits per heavy atom. The quantitative estimate of drug-likeness (QED) is 0.880. The summed E-state index contributed by atoms with van der Waals surface area (Å²) in [7, 11) is 0. The maximum Gasteiger partial charge on any atom is 0.261 e. The largest absolute Gasteiger partial charge is 0.307 e. The minimum atomic E-state index is 0.0600. The van der Waals surface area contributed by atoms with E-state index in [4.69, 9.17) is 4.98 Å². The Labute approximate surface area is 119 Å². The van der Waals surface area contributed by atoms with E-state index in [1.807, 2.05) is 31.2 Å². The summed E-state index contributed by atoms with van der Waals surface area (Å²) in [5, 5.41) is 4.18. The number of benzene rings is 1. The molecule has 0 aliphatic rings. The van der Waals surface area contributed by atoms with Gasteiger partial charge in [0.1, 0.15) is 5.82 Å². The first-order chi connectivity index (χ1) is 9.72. The van der Waals surface area contributed by atoms with Crippen LogP contribution in [0.15, 0.2) is 29.1 Å². The fourth-order valence-electron chi connectivity index (χ4n) is 2.49. The van der Waals surface area contributed by atoms with Crippen molar-refractivity contribution in [3.05, 3.63) is 40.4 Å². The number of para-hydroxylation sites is 1. The third-order valence-electron chi connectivity index (χ3n) is 3.57. The van der Waals surface area contributed by atoms with E-state index in [1.54, 1.807) is 4.57 Å². The molecule has 0 saturated heterocycles. The highest BCUT2D eigenvalue weighted by atomic mass is 16.1. The minimum absolute atomic E-state index is 0.0600. The molecule has 1 unspecified atom stereocenters. The van der Waals surface area contributed by atoms with Crippen LogP contribution in [-0.4, -0.2) is 16.1 Å². The van der Waals surface area contributed by atoms with Gasteiger partial charge in [-0.25, -0.2) is 4.98 Å². The minimum Gasteiger partial charge on any atom is -0.307 e. The molecule has 1 atom stereocenters. The van der Waals surface area contributed by atoms with Crippen LogP contribution in [0, 0.1) is 0 Å². The van der Waals surface area contributed by atoms with Gasteiger partial charge in [-0.3, -0.25) is 9.36 Å². The molecule has 0 bridgehead atoms. The third-order valence-corrected chi connectivity index (χ3v) is 3.57. The fourth-order valence-corrected chi connectivity index (χ4v) is 2.49. The van der Waals surface area contributed by atoms with Crippen LogP contribution in [0.5, 0.6) is 0 Å². The molecule has 0 saturated carbocycles. The lowest BCUT2D eigenvalue weighted by Crippen LogP contribution is -2.32. The molecule has 0 fully saturated rings. The summed E-state index contributed by atoms with van der Waals surface area (Å²) < 4.78 is 1.79. The van der Waals surface area contributed by atoms with Crippen molar-refractivity contribution < 1.29 is 0 Å². The van der Waals surface area contributed by atoms with E-state index in [1.165, 1.54) is 0 Å². The van der Waals surface area contributed by atoms with Crippen molar-refractivity contribution in [3.63, 3.8) is 0 Å². The molecule has 2 aromatic rings. The molecule has 1 N–H and O–H groups in total. The van der Waals surface area contributed by atoms with Gasteiger partial charge in [0.15, 0.2) is 0 Å². The van der Waals surface area contributed by atoms with Gasteiger partial charge in [0.05, 0.1) is 16.9 Å². The lowest BCUT2D eigenvalue weighted by Gasteiger charge is -2.20. The molecular weight excluding hydrogens is 250 g/mol. The molecule has 0 amide bonds. The Hall–Kier alpha value is -1.68. The van der Waals surface area contributed by atoms with Gasteiger partial charge >= 0.3 is 0 Å². The van der Waals surface area contributed by atoms with Crippen LogP contribution >= 0.6 is 0 Å². The first-order valence-electron chi connectivity index (χ1n) is 7.45. The molecule has 0 aliphatic heterocycles. The molecule has 4 heteroatoms. The zero-order valence-electron chi connectivity index (χ0n) is 12.5. The van der Waals surface area contributed by atoms with E-state index in [0.717, 1.165) is 30.7 Å². The van der Waals surface area contributed by atoms with E-state index in [9.17, 15) is 4.79 Å². The van der Waals surface area contributed by atoms with Gasteiger partial charge in [-0.2, -0.15) is 0 Å². The second kappa shape index (κ2) is 6.66. The molecule has 1 heterocycles. The topological polar surface area (TPSA) is 46.9 Å². The summed E-state index contributed by atoms with van der Waals surface area (Å²) in [5.41, 5.74) is 0.846. The normalized spacial score (nSPS) is 12.8. The van der Waals surface area contributed by atoms with E-state index >= 15 is 0 Å². The highest BCUT2D eigenvalue weighted by molar-refractivity contribution is 5.77. The van der Waals surface area contributed by atoms with Crippen LogP contribution in [-0.2, 0) is 6.54 Å². The fraction of sp³-hybridized carbons (Fsp3) is 0.500. The number of rotatable bonds is 6. The molecular formula is C16H23N3O. The highest BCUT2D eigenvalue weighted by Crippen LogP contribution is 2.16. The van der Waals surface area contributed by atoms with E-state index in [2.05, 4.69) is 19.2 Å². The van der Waals surface area contributed by atoms with Crippen LogP contribution in [0.25, 0.3) is 10.9 Å². The first-order valence-corrected chi connectivity index (χ1v) is 7.45. The van der Waals surface area contributed by atoms with Crippen LogP contribution in [0.1, 0.15) is 45.5 Å². The number of nitrogens with one attached hydrogen (secondary N) is 1. The molecule has 0 radical (unpaired) electrons. The summed E-state index contributed by atoms with van der Waals surface area (Å²) >= 11 is 0. The number of nitrogens with zero attached hydrogens (tertiary/aromatic N) is 2. The zero-order chi connectivity index (χ0) is 14.5. The van der Waals surface area contributed by atoms with Crippen molar-refractivity contribution in [1.29, 1.82) is 0 Å². The molecule has 1 aromatic carbocycles. The predicted molar refractivity (Wildman–Crippen MR) is 83.0 cm³/mol. The standard InChI is InChI=1S/C16H23N3O/c1-4-11-17-13(5-2)15-18-14-10-8-7-9-12(14)16(20)19(15)6-3/h7-10,13,17H,4-6,11H2,1-3H3. The van der Waals surface area contributed by atoms with Crippen molar-refractivity contribution in [3.8, 4) is 0 Å². The SMILES string of the molecule is CCCNC(CC)c1nc2ccccc2c(=O)n1CC. The first kappa shape index (κ1) is 14.7. The smallest absolute Gasteiger partial charge is 0.261 e. The number of hydrogen-bond donors (Lipinski definition) is 1. The molecule has 2 rings (SSSR count). The van der Waals surface area contributed by atoms with Gasteiger partial charge < -0.3 is 5.32 Å². The molecule has 0 spiro atoms. The summed E-state index contributed by atoms with van der Waals surface area (Å²) in [6, 6.07) is 7.70. The Morgan fingerprint density at radius 3 is 2.65 bits per heavy atom. The van der Waals surface area contributed by atoms with Crippen LogP contribution in [0.4, 0.5) is 0 Å². The Morgan fingerprint density at radius 1 is 1.25 bits per heavy atom. The van der Waals surface area contributed by atoms with Gasteiger partial charge in [-0.05, 0) is 38.4 Å². The average molecular weight is 273 g/mol. The number of fused-ring (bicyclic) bond motifs is 1. The summed E-state index contributed by atoms with van der Waals surface area (Å²) in [6.45, 7) is 7.84. The number of aromatic nitrogens is 2. The molecule has 4 nitrogen and oxygen atoms in total. The Balaban J connectivity index is 2.58. The van der Waals surface area contributed by atoms with Gasteiger partial charge in [0.25, 0.3) is 5.56 Å². The Bertz CT molecular complexity index is 633. The van der Waals surface area contributed by atoms with Gasteiger partial charge in [-0.15, -0.1) is 0 Å². The second-order valence-electron chi connectivity index (χ2n) is 4.95. The van der Waals surface area contributed by atoms with E-state index in [0.29, 0.717) is 11.9 Å². The van der Waals surface area contributed by atoms with Crippen molar-refractivity contribution in [1.82, 2.24) is 14.9 Å². The van der Waals surface area contributed by atoms with Gasteiger partial charge in [0, 0.05) is 6.54 Å². The highest BCUT2D eigenvalue weighted by Gasteiger charge is 2.17. The molecule has 0 aliphatic carbocycles. The molecule has 108 valence electrons.